The quantitative estimate of drug-likeness (QED) is 0.661. The largest absolute Gasteiger partial charge is 0.444 e. The molecular weight excluding hydrogens is 403 g/mol. The van der Waals surface area contributed by atoms with Gasteiger partial charge in [0.15, 0.2) is 5.65 Å². The molecule has 9 nitrogen and oxygen atoms in total. The molecule has 0 bridgehead atoms. The molecule has 4 rings (SSSR count). The summed E-state index contributed by atoms with van der Waals surface area (Å²) in [5.74, 6) is -0.0556. The first-order valence-electron chi connectivity index (χ1n) is 10.2. The van der Waals surface area contributed by atoms with Crippen LogP contribution in [0, 0.1) is 5.82 Å². The monoisotopic (exact) mass is 428 g/mol. The lowest BCUT2D eigenvalue weighted by Gasteiger charge is -2.34. The third-order valence-corrected chi connectivity index (χ3v) is 4.97. The van der Waals surface area contributed by atoms with Crippen LogP contribution in [-0.4, -0.2) is 49.2 Å². The number of likely N-dealkylation sites (tertiary alicyclic amines) is 1. The van der Waals surface area contributed by atoms with E-state index in [2.05, 4.69) is 20.3 Å². The first-order valence-corrected chi connectivity index (χ1v) is 10.2. The molecule has 1 saturated heterocycles. The molecule has 164 valence electrons. The molecule has 10 heteroatoms. The van der Waals surface area contributed by atoms with Crippen molar-refractivity contribution >= 4 is 28.9 Å². The van der Waals surface area contributed by atoms with Gasteiger partial charge >= 0.3 is 11.8 Å². The summed E-state index contributed by atoms with van der Waals surface area (Å²) in [7, 11) is 0. The van der Waals surface area contributed by atoms with Crippen LogP contribution in [0.3, 0.4) is 0 Å². The fraction of sp³-hybridized carbons (Fsp3) is 0.429. The van der Waals surface area contributed by atoms with Crippen LogP contribution < -0.4 is 11.0 Å². The van der Waals surface area contributed by atoms with Gasteiger partial charge in [0.2, 0.25) is 5.95 Å². The number of aromatic nitrogens is 4. The molecule has 0 spiro atoms. The highest BCUT2D eigenvalue weighted by Gasteiger charge is 2.30. The van der Waals surface area contributed by atoms with Gasteiger partial charge < -0.3 is 19.9 Å². The molecule has 1 aliphatic heterocycles. The summed E-state index contributed by atoms with van der Waals surface area (Å²) < 4.78 is 20.2. The Balaban J connectivity index is 1.60. The number of carbonyl (C=O) groups excluding carboxylic acids is 1. The second kappa shape index (κ2) is 8.01. The van der Waals surface area contributed by atoms with Crippen LogP contribution in [-0.2, 0) is 4.74 Å². The Morgan fingerprint density at radius 2 is 2.03 bits per heavy atom. The second-order valence-electron chi connectivity index (χ2n) is 8.59. The number of nitrogens with one attached hydrogen (secondary N) is 2. The SMILES string of the molecule is CC(C)(C)OC(=O)N1CCCC(n2c(=O)[nH]c3cnc(Nc4ccc(F)cc4)nc32)C1. The van der Waals surface area contributed by atoms with Crippen molar-refractivity contribution in [2.24, 2.45) is 0 Å². The maximum absolute atomic E-state index is 13.1. The average molecular weight is 428 g/mol. The average Bonchev–Trinajstić information content (AvgIpc) is 3.03. The van der Waals surface area contributed by atoms with Gasteiger partial charge in [-0.25, -0.2) is 19.0 Å². The number of fused-ring (bicyclic) bond motifs is 1. The number of nitrogens with zero attached hydrogens (tertiary/aromatic N) is 4. The Morgan fingerprint density at radius 1 is 1.29 bits per heavy atom. The summed E-state index contributed by atoms with van der Waals surface area (Å²) in [6, 6.07) is 5.58. The first kappa shape index (κ1) is 20.8. The highest BCUT2D eigenvalue weighted by molar-refractivity contribution is 5.72. The Morgan fingerprint density at radius 3 is 2.74 bits per heavy atom. The molecule has 0 radical (unpaired) electrons. The molecule has 1 aromatic carbocycles. The van der Waals surface area contributed by atoms with Crippen molar-refractivity contribution in [3.63, 3.8) is 0 Å². The van der Waals surface area contributed by atoms with Crippen LogP contribution in [0.2, 0.25) is 0 Å². The van der Waals surface area contributed by atoms with Crippen molar-refractivity contribution in [2.75, 3.05) is 18.4 Å². The summed E-state index contributed by atoms with van der Waals surface area (Å²) in [4.78, 5) is 38.3. The Bertz CT molecular complexity index is 1150. The second-order valence-corrected chi connectivity index (χ2v) is 8.59. The van der Waals surface area contributed by atoms with Gasteiger partial charge in [0.1, 0.15) is 16.9 Å². The number of hydrogen-bond donors (Lipinski definition) is 2. The number of imidazole rings is 1. The Kier molecular flexibility index (Phi) is 5.38. The Labute approximate surface area is 178 Å². The first-order chi connectivity index (χ1) is 14.7. The predicted octanol–water partition coefficient (Wildman–Crippen LogP) is 3.57. The third-order valence-electron chi connectivity index (χ3n) is 4.97. The number of H-pyrrole nitrogens is 1. The van der Waals surface area contributed by atoms with Gasteiger partial charge in [-0.2, -0.15) is 4.98 Å². The van der Waals surface area contributed by atoms with E-state index in [0.29, 0.717) is 29.9 Å². The van der Waals surface area contributed by atoms with Crippen LogP contribution >= 0.6 is 0 Å². The normalized spacial score (nSPS) is 17.0. The Hall–Kier alpha value is -3.43. The number of halogens is 1. The van der Waals surface area contributed by atoms with Crippen LogP contribution in [0.5, 0.6) is 0 Å². The number of ether oxygens (including phenoxy) is 1. The lowest BCUT2D eigenvalue weighted by atomic mass is 10.1. The molecule has 1 aliphatic rings. The highest BCUT2D eigenvalue weighted by Crippen LogP contribution is 2.25. The number of piperidine rings is 1. The number of hydrogen-bond acceptors (Lipinski definition) is 6. The minimum absolute atomic E-state index is 0.240. The standard InChI is InChI=1S/C21H25FN6O3/c1-21(2,3)31-20(30)27-10-4-5-15(12-27)28-17-16(25-19(28)29)11-23-18(26-17)24-14-8-6-13(22)7-9-14/h6-9,11,15H,4-5,10,12H2,1-3H3,(H,25,29)(H,23,24,26). The molecule has 31 heavy (non-hydrogen) atoms. The number of rotatable bonds is 3. The molecule has 1 atom stereocenters. The van der Waals surface area contributed by atoms with Crippen molar-refractivity contribution in [2.45, 2.75) is 45.3 Å². The topological polar surface area (TPSA) is 105 Å². The van der Waals surface area contributed by atoms with Crippen molar-refractivity contribution in [3.8, 4) is 0 Å². The van der Waals surface area contributed by atoms with Gasteiger partial charge in [-0.05, 0) is 57.9 Å². The lowest BCUT2D eigenvalue weighted by molar-refractivity contribution is 0.0172. The van der Waals surface area contributed by atoms with Gasteiger partial charge in [0, 0.05) is 18.8 Å². The molecule has 1 unspecified atom stereocenters. The number of anilines is 2. The van der Waals surface area contributed by atoms with E-state index in [4.69, 9.17) is 4.74 Å². The van der Waals surface area contributed by atoms with E-state index in [0.717, 1.165) is 12.8 Å². The molecular formula is C21H25FN6O3. The number of amides is 1. The zero-order valence-electron chi connectivity index (χ0n) is 17.7. The van der Waals surface area contributed by atoms with E-state index in [1.165, 1.54) is 18.3 Å². The van der Waals surface area contributed by atoms with Crippen molar-refractivity contribution < 1.29 is 13.9 Å². The van der Waals surface area contributed by atoms with Crippen LogP contribution in [0.15, 0.2) is 35.3 Å². The zero-order chi connectivity index (χ0) is 22.2. The summed E-state index contributed by atoms with van der Waals surface area (Å²) in [5.41, 5.74) is 0.679. The lowest BCUT2D eigenvalue weighted by Crippen LogP contribution is -2.44. The summed E-state index contributed by atoms with van der Waals surface area (Å²) >= 11 is 0. The maximum Gasteiger partial charge on any atom is 0.410 e. The van der Waals surface area contributed by atoms with E-state index in [1.807, 2.05) is 20.8 Å². The minimum atomic E-state index is -0.588. The number of aromatic amines is 1. The number of benzene rings is 1. The van der Waals surface area contributed by atoms with Gasteiger partial charge in [0.25, 0.3) is 0 Å². The van der Waals surface area contributed by atoms with Gasteiger partial charge in [-0.3, -0.25) is 4.57 Å². The molecule has 1 amide bonds. The van der Waals surface area contributed by atoms with Crippen LogP contribution in [0.25, 0.3) is 11.2 Å². The van der Waals surface area contributed by atoms with E-state index in [9.17, 15) is 14.0 Å². The van der Waals surface area contributed by atoms with Gasteiger partial charge in [-0.15, -0.1) is 0 Å². The number of carbonyl (C=O) groups is 1. The minimum Gasteiger partial charge on any atom is -0.444 e. The molecule has 3 heterocycles. The molecule has 1 fully saturated rings. The summed E-state index contributed by atoms with van der Waals surface area (Å²) in [5, 5.41) is 3.01. The molecule has 2 aromatic heterocycles. The van der Waals surface area contributed by atoms with Crippen molar-refractivity contribution in [3.05, 3.63) is 46.8 Å². The summed E-state index contributed by atoms with van der Waals surface area (Å²) in [6.07, 6.45) is 2.62. The fourth-order valence-corrected chi connectivity index (χ4v) is 3.64. The van der Waals surface area contributed by atoms with E-state index >= 15 is 0 Å². The highest BCUT2D eigenvalue weighted by atomic mass is 19.1. The van der Waals surface area contributed by atoms with Gasteiger partial charge in [-0.1, -0.05) is 0 Å². The molecule has 2 N–H and O–H groups in total. The van der Waals surface area contributed by atoms with Gasteiger partial charge in [0.05, 0.1) is 12.2 Å². The molecule has 3 aromatic rings. The van der Waals surface area contributed by atoms with Crippen molar-refractivity contribution in [1.82, 2.24) is 24.4 Å². The smallest absolute Gasteiger partial charge is 0.410 e. The maximum atomic E-state index is 13.1. The van der Waals surface area contributed by atoms with Crippen LogP contribution in [0.1, 0.15) is 39.7 Å². The van der Waals surface area contributed by atoms with E-state index < -0.39 is 11.7 Å². The summed E-state index contributed by atoms with van der Waals surface area (Å²) in [6.45, 7) is 6.40. The van der Waals surface area contributed by atoms with E-state index in [-0.39, 0.29) is 23.5 Å². The third kappa shape index (κ3) is 4.68. The predicted molar refractivity (Wildman–Crippen MR) is 114 cm³/mol. The molecule has 0 aliphatic carbocycles. The van der Waals surface area contributed by atoms with E-state index in [1.54, 1.807) is 21.6 Å². The zero-order valence-corrected chi connectivity index (χ0v) is 17.7. The molecule has 0 saturated carbocycles. The van der Waals surface area contributed by atoms with Crippen LogP contribution in [0.4, 0.5) is 20.8 Å². The van der Waals surface area contributed by atoms with Crippen molar-refractivity contribution in [1.29, 1.82) is 0 Å². The fourth-order valence-electron chi connectivity index (χ4n) is 3.64.